The van der Waals surface area contributed by atoms with E-state index in [1.54, 1.807) is 6.07 Å². The van der Waals surface area contributed by atoms with Crippen molar-refractivity contribution in [3.8, 4) is 17.0 Å². The van der Waals surface area contributed by atoms with E-state index < -0.39 is 5.97 Å². The zero-order valence-corrected chi connectivity index (χ0v) is 16.9. The summed E-state index contributed by atoms with van der Waals surface area (Å²) in [4.78, 5) is 21.2. The summed E-state index contributed by atoms with van der Waals surface area (Å²) in [7, 11) is 1.28. The highest BCUT2D eigenvalue weighted by molar-refractivity contribution is 6.30. The van der Waals surface area contributed by atoms with E-state index in [1.165, 1.54) is 7.11 Å². The molecule has 0 fully saturated rings. The summed E-state index contributed by atoms with van der Waals surface area (Å²) >= 11 is 6.10. The van der Waals surface area contributed by atoms with Gasteiger partial charge in [0.25, 0.3) is 0 Å². The third kappa shape index (κ3) is 3.90. The number of hydrogen-bond acceptors (Lipinski definition) is 6. The molecule has 0 atom stereocenters. The Hall–Kier alpha value is -3.64. The smallest absolute Gasteiger partial charge is 0.360 e. The normalized spacial score (nSPS) is 10.7. The van der Waals surface area contributed by atoms with E-state index in [0.29, 0.717) is 21.6 Å². The van der Waals surface area contributed by atoms with E-state index in [2.05, 4.69) is 9.97 Å². The third-order valence-electron chi connectivity index (χ3n) is 4.55. The van der Waals surface area contributed by atoms with Gasteiger partial charge < -0.3 is 15.2 Å². The molecule has 4 rings (SSSR count). The predicted molar refractivity (Wildman–Crippen MR) is 117 cm³/mol. The monoisotopic (exact) mass is 419 g/mol. The van der Waals surface area contributed by atoms with E-state index in [9.17, 15) is 4.79 Å². The first-order chi connectivity index (χ1) is 14.6. The maximum Gasteiger partial charge on any atom is 0.360 e. The van der Waals surface area contributed by atoms with Gasteiger partial charge in [-0.25, -0.2) is 14.8 Å². The van der Waals surface area contributed by atoms with Crippen molar-refractivity contribution in [1.82, 2.24) is 9.97 Å². The molecular weight excluding hydrogens is 402 g/mol. The van der Waals surface area contributed by atoms with Gasteiger partial charge in [0.2, 0.25) is 0 Å². The molecule has 30 heavy (non-hydrogen) atoms. The Bertz CT molecular complexity index is 1230. The van der Waals surface area contributed by atoms with E-state index in [4.69, 9.17) is 26.8 Å². The molecule has 0 amide bonds. The van der Waals surface area contributed by atoms with Gasteiger partial charge in [-0.15, -0.1) is 0 Å². The summed E-state index contributed by atoms with van der Waals surface area (Å²) in [6.45, 7) is 0.252. The fraction of sp³-hybridized carbons (Fsp3) is 0.0870. The Labute approximate surface area is 178 Å². The summed E-state index contributed by atoms with van der Waals surface area (Å²) in [6.07, 6.45) is 0. The summed E-state index contributed by atoms with van der Waals surface area (Å²) in [6, 6.07) is 20.6. The van der Waals surface area contributed by atoms with Crippen LogP contribution in [0, 0.1) is 0 Å². The molecular formula is C23H18ClN3O3. The van der Waals surface area contributed by atoms with Gasteiger partial charge in [0.1, 0.15) is 12.1 Å². The molecule has 0 aliphatic heterocycles. The van der Waals surface area contributed by atoms with Gasteiger partial charge in [0.05, 0.1) is 12.8 Å². The second-order valence-electron chi connectivity index (χ2n) is 6.54. The molecule has 0 saturated carbocycles. The molecule has 0 saturated heterocycles. The number of rotatable bonds is 5. The minimum absolute atomic E-state index is 0.00994. The van der Waals surface area contributed by atoms with Crippen molar-refractivity contribution >= 4 is 34.3 Å². The van der Waals surface area contributed by atoms with Crippen LogP contribution in [-0.2, 0) is 11.3 Å². The number of ether oxygens (including phenoxy) is 2. The highest BCUT2D eigenvalue weighted by Crippen LogP contribution is 2.34. The standard InChI is InChI=1S/C23H18ClN3O3/c1-29-23(28)20-21(30-13-14-6-3-2-4-7-14)17-10-11-18(26-19(17)22(25)27-20)15-8-5-9-16(24)12-15/h2-12H,13H2,1H3,(H2,25,27). The van der Waals surface area contributed by atoms with Crippen molar-refractivity contribution in [1.29, 1.82) is 0 Å². The number of pyridine rings is 2. The molecule has 0 bridgehead atoms. The molecule has 2 heterocycles. The minimum atomic E-state index is -0.634. The number of benzene rings is 2. The molecule has 2 aromatic carbocycles. The van der Waals surface area contributed by atoms with Crippen molar-refractivity contribution < 1.29 is 14.3 Å². The number of nitrogens with zero attached hydrogens (tertiary/aromatic N) is 2. The van der Waals surface area contributed by atoms with Crippen LogP contribution in [0.4, 0.5) is 5.82 Å². The lowest BCUT2D eigenvalue weighted by atomic mass is 10.1. The first-order valence-electron chi connectivity index (χ1n) is 9.18. The number of hydrogen-bond donors (Lipinski definition) is 1. The van der Waals surface area contributed by atoms with E-state index in [1.807, 2.05) is 60.7 Å². The fourth-order valence-electron chi connectivity index (χ4n) is 3.11. The second-order valence-corrected chi connectivity index (χ2v) is 6.98. The largest absolute Gasteiger partial charge is 0.486 e. The van der Waals surface area contributed by atoms with Crippen molar-refractivity contribution in [2.24, 2.45) is 0 Å². The Kier molecular flexibility index (Phi) is 5.50. The molecule has 0 radical (unpaired) electrons. The van der Waals surface area contributed by atoms with Gasteiger partial charge in [-0.2, -0.15) is 0 Å². The molecule has 0 aliphatic rings. The number of nitrogens with two attached hydrogens (primary N) is 1. The van der Waals surface area contributed by atoms with Crippen LogP contribution in [0.1, 0.15) is 16.1 Å². The lowest BCUT2D eigenvalue weighted by Gasteiger charge is -2.14. The number of methoxy groups -OCH3 is 1. The van der Waals surface area contributed by atoms with E-state index in [0.717, 1.165) is 11.1 Å². The molecule has 4 aromatic rings. The molecule has 0 aliphatic carbocycles. The number of esters is 1. The lowest BCUT2D eigenvalue weighted by molar-refractivity contribution is 0.0589. The number of aromatic nitrogens is 2. The van der Waals surface area contributed by atoms with Crippen molar-refractivity contribution in [2.45, 2.75) is 6.61 Å². The van der Waals surface area contributed by atoms with Crippen LogP contribution in [0.25, 0.3) is 22.2 Å². The van der Waals surface area contributed by atoms with Crippen LogP contribution in [0.3, 0.4) is 0 Å². The molecule has 0 spiro atoms. The van der Waals surface area contributed by atoms with Crippen molar-refractivity contribution in [3.05, 3.63) is 83.0 Å². The van der Waals surface area contributed by atoms with Crippen LogP contribution in [0.2, 0.25) is 5.02 Å². The van der Waals surface area contributed by atoms with Gasteiger partial charge in [0, 0.05) is 16.0 Å². The molecule has 150 valence electrons. The topological polar surface area (TPSA) is 87.3 Å². The quantitative estimate of drug-likeness (QED) is 0.463. The molecule has 2 aromatic heterocycles. The Balaban J connectivity index is 1.83. The molecule has 2 N–H and O–H groups in total. The van der Waals surface area contributed by atoms with Gasteiger partial charge in [-0.1, -0.05) is 54.1 Å². The zero-order valence-electron chi connectivity index (χ0n) is 16.1. The van der Waals surface area contributed by atoms with Crippen molar-refractivity contribution in [2.75, 3.05) is 12.8 Å². The van der Waals surface area contributed by atoms with Crippen LogP contribution in [0.15, 0.2) is 66.7 Å². The maximum absolute atomic E-state index is 12.3. The number of halogens is 1. The van der Waals surface area contributed by atoms with Crippen LogP contribution < -0.4 is 10.5 Å². The SMILES string of the molecule is COC(=O)c1nc(N)c2nc(-c3cccc(Cl)c3)ccc2c1OCc1ccccc1. The predicted octanol–water partition coefficient (Wildman–Crippen LogP) is 4.90. The Morgan fingerprint density at radius 2 is 1.83 bits per heavy atom. The number of nitrogen functional groups attached to an aromatic ring is 1. The van der Waals surface area contributed by atoms with Crippen LogP contribution in [0.5, 0.6) is 5.75 Å². The molecule has 6 nitrogen and oxygen atoms in total. The summed E-state index contributed by atoms with van der Waals surface area (Å²) < 4.78 is 10.9. The summed E-state index contributed by atoms with van der Waals surface area (Å²) in [5, 5.41) is 1.18. The fourth-order valence-corrected chi connectivity index (χ4v) is 3.30. The molecule has 7 heteroatoms. The van der Waals surface area contributed by atoms with Crippen LogP contribution in [-0.4, -0.2) is 23.0 Å². The second kappa shape index (κ2) is 8.39. The highest BCUT2D eigenvalue weighted by atomic mass is 35.5. The minimum Gasteiger partial charge on any atom is -0.486 e. The number of carbonyl (C=O) groups is 1. The van der Waals surface area contributed by atoms with E-state index in [-0.39, 0.29) is 23.9 Å². The van der Waals surface area contributed by atoms with Gasteiger partial charge in [-0.05, 0) is 29.8 Å². The Morgan fingerprint density at radius 3 is 2.57 bits per heavy atom. The van der Waals surface area contributed by atoms with E-state index >= 15 is 0 Å². The van der Waals surface area contributed by atoms with Crippen molar-refractivity contribution in [3.63, 3.8) is 0 Å². The zero-order chi connectivity index (χ0) is 21.1. The number of fused-ring (bicyclic) bond motifs is 1. The number of anilines is 1. The third-order valence-corrected chi connectivity index (χ3v) is 4.79. The van der Waals surface area contributed by atoms with Gasteiger partial charge >= 0.3 is 5.97 Å². The average Bonchev–Trinajstić information content (AvgIpc) is 2.78. The highest BCUT2D eigenvalue weighted by Gasteiger charge is 2.22. The molecule has 0 unspecified atom stereocenters. The first-order valence-corrected chi connectivity index (χ1v) is 9.56. The number of carbonyl (C=O) groups excluding carboxylic acids is 1. The van der Waals surface area contributed by atoms with Gasteiger partial charge in [0.15, 0.2) is 17.3 Å². The Morgan fingerprint density at radius 1 is 1.03 bits per heavy atom. The average molecular weight is 420 g/mol. The first kappa shape index (κ1) is 19.7. The summed E-state index contributed by atoms with van der Waals surface area (Å²) in [5.41, 5.74) is 9.05. The van der Waals surface area contributed by atoms with Crippen LogP contribution >= 0.6 is 11.6 Å². The maximum atomic E-state index is 12.3. The summed E-state index contributed by atoms with van der Waals surface area (Å²) in [5.74, 6) is -0.244. The van der Waals surface area contributed by atoms with Gasteiger partial charge in [-0.3, -0.25) is 0 Å². The lowest BCUT2D eigenvalue weighted by Crippen LogP contribution is -2.11.